The second-order valence-electron chi connectivity index (χ2n) is 10.8. The van der Waals surface area contributed by atoms with Crippen molar-refractivity contribution < 1.29 is 23.9 Å². The van der Waals surface area contributed by atoms with E-state index in [9.17, 15) is 14.4 Å². The molecule has 1 aliphatic heterocycles. The van der Waals surface area contributed by atoms with Gasteiger partial charge in [-0.25, -0.2) is 0 Å². The molecule has 41 heavy (non-hydrogen) atoms. The summed E-state index contributed by atoms with van der Waals surface area (Å²) >= 11 is 0. The van der Waals surface area contributed by atoms with Crippen LogP contribution >= 0.6 is 0 Å². The number of hydrogen-bond acceptors (Lipinski definition) is 5. The van der Waals surface area contributed by atoms with Gasteiger partial charge < -0.3 is 14.4 Å². The Morgan fingerprint density at radius 1 is 0.780 bits per heavy atom. The zero-order chi connectivity index (χ0) is 29.0. The summed E-state index contributed by atoms with van der Waals surface area (Å²) < 4.78 is 11.5. The van der Waals surface area contributed by atoms with Crippen LogP contribution in [0.4, 0.5) is 5.69 Å². The number of benzene rings is 4. The van der Waals surface area contributed by atoms with Crippen molar-refractivity contribution in [2.45, 2.75) is 38.7 Å². The number of anilines is 1. The van der Waals surface area contributed by atoms with Crippen molar-refractivity contribution in [1.29, 1.82) is 0 Å². The van der Waals surface area contributed by atoms with E-state index in [1.54, 1.807) is 60.4 Å². The molecule has 0 aromatic heterocycles. The zero-order valence-electron chi connectivity index (χ0n) is 23.4. The second kappa shape index (κ2) is 11.8. The molecular formula is C35H33NO5. The van der Waals surface area contributed by atoms with Crippen molar-refractivity contribution in [1.82, 2.24) is 0 Å². The van der Waals surface area contributed by atoms with E-state index in [0.717, 1.165) is 0 Å². The number of ether oxygens (including phenoxy) is 2. The molecule has 0 bridgehead atoms. The van der Waals surface area contributed by atoms with Gasteiger partial charge in [-0.2, -0.15) is 0 Å². The Kier molecular flexibility index (Phi) is 8.02. The molecule has 4 aromatic carbocycles. The van der Waals surface area contributed by atoms with Crippen LogP contribution in [0.1, 0.15) is 48.7 Å². The molecule has 5 rings (SSSR count). The normalized spacial score (nSPS) is 15.8. The van der Waals surface area contributed by atoms with Crippen LogP contribution in [0.5, 0.6) is 11.5 Å². The summed E-state index contributed by atoms with van der Waals surface area (Å²) in [5.74, 6) is -0.270. The molecule has 208 valence electrons. The molecule has 0 unspecified atom stereocenters. The fourth-order valence-corrected chi connectivity index (χ4v) is 5.07. The maximum Gasteiger partial charge on any atom is 0.312 e. The Morgan fingerprint density at radius 3 is 1.93 bits per heavy atom. The maximum absolute atomic E-state index is 12.8. The first kappa shape index (κ1) is 27.8. The van der Waals surface area contributed by atoms with Gasteiger partial charge >= 0.3 is 5.97 Å². The van der Waals surface area contributed by atoms with Crippen molar-refractivity contribution in [2.24, 2.45) is 5.92 Å². The number of esters is 1. The van der Waals surface area contributed by atoms with Crippen LogP contribution in [0, 0.1) is 5.92 Å². The molecule has 2 atom stereocenters. The van der Waals surface area contributed by atoms with Crippen molar-refractivity contribution in [3.63, 3.8) is 0 Å². The highest BCUT2D eigenvalue weighted by molar-refractivity contribution is 6.02. The third-order valence-corrected chi connectivity index (χ3v) is 7.63. The molecule has 6 heteroatoms. The van der Waals surface area contributed by atoms with Gasteiger partial charge in [0.2, 0.25) is 11.7 Å². The fraction of sp³-hybridized carbons (Fsp3) is 0.229. The number of hydrogen-bond donors (Lipinski definition) is 0. The Labute approximate surface area is 240 Å². The highest BCUT2D eigenvalue weighted by atomic mass is 16.5. The predicted octanol–water partition coefficient (Wildman–Crippen LogP) is 6.97. The first-order valence-corrected chi connectivity index (χ1v) is 13.8. The van der Waals surface area contributed by atoms with Gasteiger partial charge in [-0.1, -0.05) is 86.6 Å². The predicted molar refractivity (Wildman–Crippen MR) is 158 cm³/mol. The highest BCUT2D eigenvalue weighted by Gasteiger charge is 2.37. The maximum atomic E-state index is 12.8. The second-order valence-corrected chi connectivity index (χ2v) is 10.8. The van der Waals surface area contributed by atoms with Gasteiger partial charge in [0.05, 0.1) is 5.92 Å². The summed E-state index contributed by atoms with van der Waals surface area (Å²) in [7, 11) is 0. The molecule has 4 aromatic rings. The van der Waals surface area contributed by atoms with E-state index in [1.807, 2.05) is 24.3 Å². The molecule has 0 N–H and O–H groups in total. The minimum Gasteiger partial charge on any atom is -0.457 e. The molecule has 1 saturated heterocycles. The van der Waals surface area contributed by atoms with Crippen LogP contribution in [0.15, 0.2) is 109 Å². The Balaban J connectivity index is 1.18. The zero-order valence-corrected chi connectivity index (χ0v) is 23.4. The van der Waals surface area contributed by atoms with Gasteiger partial charge in [0.1, 0.15) is 11.5 Å². The standard InChI is InChI=1S/C35H33NO5/c1-24(33(38)25-10-6-4-7-11-25)40-34(39)26-22-32(37)36(23-26)29-16-20-31(21-17-29)41-30-18-14-28(15-19-30)35(2,3)27-12-8-5-9-13-27/h4-21,24,26H,22-23H2,1-3H3/t24-,26+/m0/s1. The highest BCUT2D eigenvalue weighted by Crippen LogP contribution is 2.34. The number of Topliss-reactive ketones (excluding diaryl/α,β-unsaturated/α-hetero) is 1. The molecule has 0 saturated carbocycles. The SMILES string of the molecule is C[C@H](OC(=O)[C@@H]1CC(=O)N(c2ccc(Oc3ccc(C(C)(C)c4ccccc4)cc3)cc2)C1)C(=O)c1ccccc1. The molecule has 1 heterocycles. The third kappa shape index (κ3) is 6.22. The van der Waals surface area contributed by atoms with Crippen LogP contribution in [0.25, 0.3) is 0 Å². The van der Waals surface area contributed by atoms with Crippen LogP contribution < -0.4 is 9.64 Å². The lowest BCUT2D eigenvalue weighted by Crippen LogP contribution is -2.30. The topological polar surface area (TPSA) is 72.9 Å². The Bertz CT molecular complexity index is 1510. The van der Waals surface area contributed by atoms with Crippen LogP contribution in [0.2, 0.25) is 0 Å². The molecule has 0 aliphatic carbocycles. The summed E-state index contributed by atoms with van der Waals surface area (Å²) in [5.41, 5.74) is 3.44. The summed E-state index contributed by atoms with van der Waals surface area (Å²) in [5, 5.41) is 0. The molecule has 1 aliphatic rings. The number of carbonyl (C=O) groups is 3. The molecule has 6 nitrogen and oxygen atoms in total. The lowest BCUT2D eigenvalue weighted by molar-refractivity contribution is -0.151. The summed E-state index contributed by atoms with van der Waals surface area (Å²) in [4.78, 5) is 39.6. The number of ketones is 1. The van der Waals surface area contributed by atoms with Gasteiger partial charge in [-0.3, -0.25) is 14.4 Å². The van der Waals surface area contributed by atoms with E-state index < -0.39 is 18.0 Å². The summed E-state index contributed by atoms with van der Waals surface area (Å²) in [6.45, 7) is 6.15. The number of amides is 1. The van der Waals surface area contributed by atoms with E-state index in [1.165, 1.54) is 11.1 Å². The summed E-state index contributed by atoms with van der Waals surface area (Å²) in [6.07, 6.45) is -0.890. The van der Waals surface area contributed by atoms with Crippen molar-refractivity contribution in [3.05, 3.63) is 126 Å². The van der Waals surface area contributed by atoms with E-state index in [-0.39, 0.29) is 30.1 Å². The monoisotopic (exact) mass is 547 g/mol. The van der Waals surface area contributed by atoms with Crippen molar-refractivity contribution >= 4 is 23.3 Å². The van der Waals surface area contributed by atoms with Crippen molar-refractivity contribution in [3.8, 4) is 11.5 Å². The van der Waals surface area contributed by atoms with Gasteiger partial charge in [-0.05, 0) is 54.4 Å². The lowest BCUT2D eigenvalue weighted by Gasteiger charge is -2.26. The first-order valence-electron chi connectivity index (χ1n) is 13.8. The Hall–Kier alpha value is -4.71. The van der Waals surface area contributed by atoms with E-state index in [4.69, 9.17) is 9.47 Å². The number of carbonyl (C=O) groups excluding carboxylic acids is 3. The number of nitrogens with zero attached hydrogens (tertiary/aromatic N) is 1. The van der Waals surface area contributed by atoms with Gasteiger partial charge in [0, 0.05) is 29.6 Å². The quantitative estimate of drug-likeness (QED) is 0.167. The minimum atomic E-state index is -0.927. The average molecular weight is 548 g/mol. The first-order chi connectivity index (χ1) is 19.7. The van der Waals surface area contributed by atoms with E-state index >= 15 is 0 Å². The fourth-order valence-electron chi connectivity index (χ4n) is 5.07. The minimum absolute atomic E-state index is 0.0367. The van der Waals surface area contributed by atoms with E-state index in [2.05, 4.69) is 50.2 Å². The van der Waals surface area contributed by atoms with Gasteiger partial charge in [0.15, 0.2) is 6.10 Å². The molecule has 1 amide bonds. The molecular weight excluding hydrogens is 514 g/mol. The molecule has 0 radical (unpaired) electrons. The average Bonchev–Trinajstić information content (AvgIpc) is 3.40. The van der Waals surface area contributed by atoms with Gasteiger partial charge in [-0.15, -0.1) is 0 Å². The third-order valence-electron chi connectivity index (χ3n) is 7.63. The van der Waals surface area contributed by atoms with Crippen LogP contribution in [0.3, 0.4) is 0 Å². The molecule has 1 fully saturated rings. The van der Waals surface area contributed by atoms with Gasteiger partial charge in [0.25, 0.3) is 0 Å². The molecule has 0 spiro atoms. The van der Waals surface area contributed by atoms with E-state index in [0.29, 0.717) is 22.7 Å². The summed E-state index contributed by atoms with van der Waals surface area (Å²) in [6, 6.07) is 34.4. The van der Waals surface area contributed by atoms with Crippen molar-refractivity contribution in [2.75, 3.05) is 11.4 Å². The largest absolute Gasteiger partial charge is 0.457 e. The van der Waals surface area contributed by atoms with Crippen LogP contribution in [-0.4, -0.2) is 30.3 Å². The lowest BCUT2D eigenvalue weighted by atomic mass is 9.78. The number of rotatable bonds is 9. The van der Waals surface area contributed by atoms with Crippen LogP contribution in [-0.2, 0) is 19.7 Å². The Morgan fingerprint density at radius 2 is 1.32 bits per heavy atom. The smallest absolute Gasteiger partial charge is 0.312 e.